The fourth-order valence-corrected chi connectivity index (χ4v) is 2.24. The highest BCUT2D eigenvalue weighted by molar-refractivity contribution is 7.18. The predicted octanol–water partition coefficient (Wildman–Crippen LogP) is 3.49. The smallest absolute Gasteiger partial charge is 0.180 e. The number of nitrogen functional groups attached to an aromatic ring is 1. The van der Waals surface area contributed by atoms with Crippen LogP contribution in [0.3, 0.4) is 0 Å². The number of hydrogen-bond donors (Lipinski definition) is 1. The average Bonchev–Trinajstić information content (AvgIpc) is 2.67. The Morgan fingerprint density at radius 1 is 1.35 bits per heavy atom. The van der Waals surface area contributed by atoms with Crippen molar-refractivity contribution in [2.45, 2.75) is 26.9 Å². The maximum absolute atomic E-state index is 5.77. The van der Waals surface area contributed by atoms with E-state index in [0.717, 1.165) is 21.8 Å². The summed E-state index contributed by atoms with van der Waals surface area (Å²) in [5.41, 5.74) is 7.88. The number of nitrogens with two attached hydrogens (primary N) is 1. The van der Waals surface area contributed by atoms with Gasteiger partial charge in [-0.25, -0.2) is 4.98 Å². The summed E-state index contributed by atoms with van der Waals surface area (Å²) in [7, 11) is 0. The van der Waals surface area contributed by atoms with Gasteiger partial charge in [0.25, 0.3) is 0 Å². The largest absolute Gasteiger partial charge is 0.491 e. The van der Waals surface area contributed by atoms with Crippen LogP contribution >= 0.6 is 11.3 Å². The molecule has 4 heteroatoms. The first-order valence-electron chi connectivity index (χ1n) is 5.55. The summed E-state index contributed by atoms with van der Waals surface area (Å²) in [4.78, 5) is 5.13. The van der Waals surface area contributed by atoms with Crippen molar-refractivity contribution < 1.29 is 4.74 Å². The monoisotopic (exact) mass is 248 g/mol. The van der Waals surface area contributed by atoms with Crippen LogP contribution in [0.15, 0.2) is 24.4 Å². The number of nitrogens with zero attached hydrogens (tertiary/aromatic N) is 1. The maximum Gasteiger partial charge on any atom is 0.180 e. The molecule has 0 spiro atoms. The Morgan fingerprint density at radius 3 is 2.71 bits per heavy atom. The van der Waals surface area contributed by atoms with Gasteiger partial charge in [-0.3, -0.25) is 0 Å². The minimum Gasteiger partial charge on any atom is -0.491 e. The average molecular weight is 248 g/mol. The minimum absolute atomic E-state index is 0.176. The van der Waals surface area contributed by atoms with E-state index in [4.69, 9.17) is 10.5 Å². The lowest BCUT2D eigenvalue weighted by molar-refractivity contribution is 0.241. The van der Waals surface area contributed by atoms with Gasteiger partial charge in [-0.15, -0.1) is 0 Å². The molecule has 0 atom stereocenters. The highest BCUT2D eigenvalue weighted by Gasteiger charge is 2.07. The van der Waals surface area contributed by atoms with Crippen LogP contribution in [0.2, 0.25) is 0 Å². The molecule has 0 amide bonds. The fourth-order valence-electron chi connectivity index (χ4n) is 1.56. The van der Waals surface area contributed by atoms with Gasteiger partial charge in [0.15, 0.2) is 5.13 Å². The van der Waals surface area contributed by atoms with Crippen molar-refractivity contribution in [1.82, 2.24) is 4.98 Å². The molecule has 17 heavy (non-hydrogen) atoms. The van der Waals surface area contributed by atoms with E-state index in [9.17, 15) is 0 Å². The summed E-state index contributed by atoms with van der Waals surface area (Å²) in [5.74, 6) is 0.921. The summed E-state index contributed by atoms with van der Waals surface area (Å²) in [6.07, 6.45) is 1.97. The van der Waals surface area contributed by atoms with Gasteiger partial charge in [0, 0.05) is 6.20 Å². The van der Waals surface area contributed by atoms with Crippen molar-refractivity contribution >= 4 is 16.5 Å². The Hall–Kier alpha value is -1.55. The second-order valence-electron chi connectivity index (χ2n) is 4.21. The maximum atomic E-state index is 5.77. The number of benzene rings is 1. The molecule has 0 aliphatic carbocycles. The molecular weight excluding hydrogens is 232 g/mol. The Bertz CT molecular complexity index is 520. The molecule has 0 saturated carbocycles. The van der Waals surface area contributed by atoms with Crippen LogP contribution in [0.1, 0.15) is 19.4 Å². The van der Waals surface area contributed by atoms with Crippen molar-refractivity contribution in [3.63, 3.8) is 0 Å². The molecule has 1 aromatic carbocycles. The van der Waals surface area contributed by atoms with Crippen LogP contribution in [0.25, 0.3) is 10.4 Å². The third-order valence-electron chi connectivity index (χ3n) is 2.36. The van der Waals surface area contributed by atoms with Crippen LogP contribution < -0.4 is 10.5 Å². The van der Waals surface area contributed by atoms with Gasteiger partial charge in [-0.1, -0.05) is 23.5 Å². The van der Waals surface area contributed by atoms with E-state index in [1.807, 2.05) is 26.8 Å². The van der Waals surface area contributed by atoms with Gasteiger partial charge in [0.2, 0.25) is 0 Å². The molecule has 2 aromatic rings. The van der Waals surface area contributed by atoms with Crippen molar-refractivity contribution in [2.75, 3.05) is 5.73 Å². The molecule has 0 aliphatic rings. The van der Waals surface area contributed by atoms with E-state index in [0.29, 0.717) is 5.13 Å². The van der Waals surface area contributed by atoms with Crippen molar-refractivity contribution in [2.24, 2.45) is 0 Å². The van der Waals surface area contributed by atoms with Crippen LogP contribution in [-0.4, -0.2) is 11.1 Å². The zero-order chi connectivity index (χ0) is 12.4. The first-order chi connectivity index (χ1) is 8.06. The van der Waals surface area contributed by atoms with Crippen molar-refractivity contribution in [3.05, 3.63) is 30.0 Å². The SMILES string of the molecule is Cc1ccc(-c2cnc(N)s2)cc1OC(C)C. The lowest BCUT2D eigenvalue weighted by Gasteiger charge is -2.13. The van der Waals surface area contributed by atoms with E-state index in [1.54, 1.807) is 6.20 Å². The molecule has 2 N–H and O–H groups in total. The van der Waals surface area contributed by atoms with Crippen LogP contribution in [0.5, 0.6) is 5.75 Å². The molecule has 3 nitrogen and oxygen atoms in total. The number of hydrogen-bond acceptors (Lipinski definition) is 4. The normalized spacial score (nSPS) is 10.8. The molecule has 90 valence electrons. The van der Waals surface area contributed by atoms with E-state index >= 15 is 0 Å². The Morgan fingerprint density at radius 2 is 2.12 bits per heavy atom. The zero-order valence-electron chi connectivity index (χ0n) is 10.2. The number of rotatable bonds is 3. The molecule has 1 heterocycles. The summed E-state index contributed by atoms with van der Waals surface area (Å²) in [5, 5.41) is 0.590. The second kappa shape index (κ2) is 4.75. The van der Waals surface area contributed by atoms with Gasteiger partial charge in [-0.05, 0) is 38.0 Å². The Kier molecular flexibility index (Phi) is 3.33. The lowest BCUT2D eigenvalue weighted by atomic mass is 10.1. The Balaban J connectivity index is 2.36. The summed E-state index contributed by atoms with van der Waals surface area (Å²) in [6.45, 7) is 6.09. The molecule has 0 radical (unpaired) electrons. The first kappa shape index (κ1) is 11.9. The zero-order valence-corrected chi connectivity index (χ0v) is 11.0. The van der Waals surface area contributed by atoms with Crippen molar-refractivity contribution in [3.8, 4) is 16.2 Å². The standard InChI is InChI=1S/C13H16N2OS/c1-8(2)16-11-6-10(5-4-9(11)3)12-7-15-13(14)17-12/h4-8H,1-3H3,(H2,14,15). The number of thiazole rings is 1. The van der Waals surface area contributed by atoms with E-state index in [-0.39, 0.29) is 6.10 Å². The minimum atomic E-state index is 0.176. The van der Waals surface area contributed by atoms with E-state index < -0.39 is 0 Å². The summed E-state index contributed by atoms with van der Waals surface area (Å²) < 4.78 is 5.77. The third kappa shape index (κ3) is 2.77. The number of anilines is 1. The topological polar surface area (TPSA) is 48.1 Å². The molecule has 1 aromatic heterocycles. The number of aryl methyl sites for hydroxylation is 1. The van der Waals surface area contributed by atoms with Crippen LogP contribution in [0.4, 0.5) is 5.13 Å². The molecule has 0 saturated heterocycles. The van der Waals surface area contributed by atoms with Gasteiger partial charge < -0.3 is 10.5 Å². The first-order valence-corrected chi connectivity index (χ1v) is 6.37. The molecule has 0 bridgehead atoms. The highest BCUT2D eigenvalue weighted by Crippen LogP contribution is 2.31. The summed E-state index contributed by atoms with van der Waals surface area (Å²) in [6, 6.07) is 6.17. The Labute approximate surface area is 105 Å². The third-order valence-corrected chi connectivity index (χ3v) is 3.23. The molecule has 0 fully saturated rings. The molecular formula is C13H16N2OS. The van der Waals surface area contributed by atoms with Crippen molar-refractivity contribution in [1.29, 1.82) is 0 Å². The quantitative estimate of drug-likeness (QED) is 0.904. The van der Waals surface area contributed by atoms with Crippen LogP contribution in [-0.2, 0) is 0 Å². The summed E-state index contributed by atoms with van der Waals surface area (Å²) >= 11 is 1.49. The van der Waals surface area contributed by atoms with Gasteiger partial charge in [-0.2, -0.15) is 0 Å². The molecule has 2 rings (SSSR count). The second-order valence-corrected chi connectivity index (χ2v) is 5.27. The van der Waals surface area contributed by atoms with Gasteiger partial charge in [0.05, 0.1) is 11.0 Å². The molecule has 0 unspecified atom stereocenters. The number of aromatic nitrogens is 1. The van der Waals surface area contributed by atoms with E-state index in [1.165, 1.54) is 11.3 Å². The predicted molar refractivity (Wildman–Crippen MR) is 72.5 cm³/mol. The van der Waals surface area contributed by atoms with Crippen LogP contribution in [0, 0.1) is 6.92 Å². The number of ether oxygens (including phenoxy) is 1. The van der Waals surface area contributed by atoms with Gasteiger partial charge >= 0.3 is 0 Å². The highest BCUT2D eigenvalue weighted by atomic mass is 32.1. The fraction of sp³-hybridized carbons (Fsp3) is 0.308. The van der Waals surface area contributed by atoms with Gasteiger partial charge in [0.1, 0.15) is 5.75 Å². The van der Waals surface area contributed by atoms with E-state index in [2.05, 4.69) is 17.1 Å². The lowest BCUT2D eigenvalue weighted by Crippen LogP contribution is -2.06. The molecule has 0 aliphatic heterocycles.